The third-order valence-corrected chi connectivity index (χ3v) is 2.88. The molecule has 0 N–H and O–H groups in total. The minimum atomic E-state index is 0.686. The summed E-state index contributed by atoms with van der Waals surface area (Å²) >= 11 is 6.60. The van der Waals surface area contributed by atoms with Crippen LogP contribution < -0.4 is 0 Å². The van der Waals surface area contributed by atoms with Gasteiger partial charge >= 0.3 is 72.6 Å². The van der Waals surface area contributed by atoms with E-state index in [1.807, 2.05) is 18.2 Å². The van der Waals surface area contributed by atoms with Gasteiger partial charge in [-0.1, -0.05) is 0 Å². The van der Waals surface area contributed by atoms with Crippen LogP contribution in [0.15, 0.2) is 24.3 Å². The normalized spacial score (nSPS) is 9.80. The predicted octanol–water partition coefficient (Wildman–Crippen LogP) is 2.59. The molecule has 0 bridgehead atoms. The molecule has 1 aromatic rings. The fourth-order valence-electron chi connectivity index (χ4n) is 0.771. The van der Waals surface area contributed by atoms with Gasteiger partial charge in [-0.2, -0.15) is 0 Å². The van der Waals surface area contributed by atoms with Gasteiger partial charge in [0.05, 0.1) is 0 Å². The van der Waals surface area contributed by atoms with Crippen LogP contribution in [0.4, 0.5) is 0 Å². The summed E-state index contributed by atoms with van der Waals surface area (Å²) in [6, 6.07) is 8.04. The molecule has 0 aliphatic rings. The zero-order chi connectivity index (χ0) is 7.40. The molecule has 0 unspecified atom stereocenters. The monoisotopic (exact) mass is 220 g/mol. The van der Waals surface area contributed by atoms with Crippen molar-refractivity contribution in [2.75, 3.05) is 0 Å². The zero-order valence-corrected chi connectivity index (χ0v) is 8.27. The Morgan fingerprint density at radius 2 is 2.10 bits per heavy atom. The molecule has 0 aromatic heterocycles. The summed E-state index contributed by atoms with van der Waals surface area (Å²) in [5.74, 6) is 2.22. The Kier molecular flexibility index (Phi) is 3.27. The van der Waals surface area contributed by atoms with Gasteiger partial charge < -0.3 is 0 Å². The van der Waals surface area contributed by atoms with Crippen LogP contribution in [0.25, 0.3) is 0 Å². The molecule has 10 heavy (non-hydrogen) atoms. The van der Waals surface area contributed by atoms with Gasteiger partial charge in [-0.05, 0) is 0 Å². The van der Waals surface area contributed by atoms with Crippen molar-refractivity contribution in [3.8, 4) is 0 Å². The Bertz CT molecular complexity index is 210. The van der Waals surface area contributed by atoms with Crippen LogP contribution in [0.2, 0.25) is 10.8 Å². The SMILES string of the molecule is C[Se]Cc1ccccc1Cl. The summed E-state index contributed by atoms with van der Waals surface area (Å²) in [5, 5.41) is 2.05. The third kappa shape index (κ3) is 2.02. The van der Waals surface area contributed by atoms with Gasteiger partial charge in [0.1, 0.15) is 0 Å². The molecule has 0 saturated carbocycles. The second kappa shape index (κ2) is 4.02. The molecule has 0 aliphatic heterocycles. The molecule has 1 aromatic carbocycles. The van der Waals surface area contributed by atoms with Crippen molar-refractivity contribution >= 4 is 26.6 Å². The summed E-state index contributed by atoms with van der Waals surface area (Å²) in [6.45, 7) is 0. The quantitative estimate of drug-likeness (QED) is 0.671. The average molecular weight is 220 g/mol. The summed E-state index contributed by atoms with van der Waals surface area (Å²) in [7, 11) is 0. The maximum atomic E-state index is 5.91. The molecule has 0 nitrogen and oxygen atoms in total. The number of rotatable bonds is 2. The number of hydrogen-bond donors (Lipinski definition) is 0. The minimum absolute atomic E-state index is 0.686. The van der Waals surface area contributed by atoms with Crippen molar-refractivity contribution in [1.29, 1.82) is 0 Å². The molecule has 0 heterocycles. The van der Waals surface area contributed by atoms with E-state index in [2.05, 4.69) is 11.9 Å². The molecule has 0 atom stereocenters. The average Bonchev–Trinajstić information content (AvgIpc) is 1.94. The van der Waals surface area contributed by atoms with Gasteiger partial charge in [-0.3, -0.25) is 0 Å². The summed E-state index contributed by atoms with van der Waals surface area (Å²) in [6.07, 6.45) is 0. The van der Waals surface area contributed by atoms with Gasteiger partial charge in [0, 0.05) is 0 Å². The zero-order valence-electron chi connectivity index (χ0n) is 5.80. The Balaban J connectivity index is 2.81. The molecule has 2 heteroatoms. The number of hydrogen-bond acceptors (Lipinski definition) is 0. The van der Waals surface area contributed by atoms with Crippen molar-refractivity contribution in [2.24, 2.45) is 0 Å². The van der Waals surface area contributed by atoms with E-state index in [4.69, 9.17) is 11.6 Å². The molecule has 1 rings (SSSR count). The summed E-state index contributed by atoms with van der Waals surface area (Å²) in [5.41, 5.74) is 1.28. The van der Waals surface area contributed by atoms with Gasteiger partial charge in [0.15, 0.2) is 0 Å². The van der Waals surface area contributed by atoms with Crippen LogP contribution in [0.1, 0.15) is 5.56 Å². The Morgan fingerprint density at radius 3 is 2.70 bits per heavy atom. The van der Waals surface area contributed by atoms with Crippen molar-refractivity contribution in [3.63, 3.8) is 0 Å². The summed E-state index contributed by atoms with van der Waals surface area (Å²) in [4.78, 5) is 0. The molecule has 0 saturated heterocycles. The first kappa shape index (κ1) is 8.13. The Hall–Kier alpha value is 0.0295. The molecule has 0 aliphatic carbocycles. The molecule has 0 radical (unpaired) electrons. The van der Waals surface area contributed by atoms with E-state index in [1.54, 1.807) is 0 Å². The standard InChI is InChI=1S/C8H9ClSe/c1-10-6-7-4-2-3-5-8(7)9/h2-5H,6H2,1H3. The second-order valence-electron chi connectivity index (χ2n) is 2.02. The van der Waals surface area contributed by atoms with E-state index in [-0.39, 0.29) is 0 Å². The molecular formula is C8H9ClSe. The van der Waals surface area contributed by atoms with Gasteiger partial charge in [-0.15, -0.1) is 0 Å². The van der Waals surface area contributed by atoms with Crippen molar-refractivity contribution in [3.05, 3.63) is 34.9 Å². The summed E-state index contributed by atoms with van der Waals surface area (Å²) < 4.78 is 0. The molecular weight excluding hydrogens is 211 g/mol. The van der Waals surface area contributed by atoms with Crippen LogP contribution in [0, 0.1) is 0 Å². The first-order chi connectivity index (χ1) is 4.84. The van der Waals surface area contributed by atoms with Crippen LogP contribution in [-0.2, 0) is 5.32 Å². The fourth-order valence-corrected chi connectivity index (χ4v) is 2.33. The first-order valence-electron chi connectivity index (χ1n) is 3.07. The maximum absolute atomic E-state index is 5.91. The molecule has 0 spiro atoms. The van der Waals surface area contributed by atoms with E-state index >= 15 is 0 Å². The fraction of sp³-hybridized carbons (Fsp3) is 0.250. The topological polar surface area (TPSA) is 0 Å². The van der Waals surface area contributed by atoms with E-state index in [0.29, 0.717) is 15.0 Å². The van der Waals surface area contributed by atoms with Crippen LogP contribution in [-0.4, -0.2) is 15.0 Å². The molecule has 0 amide bonds. The van der Waals surface area contributed by atoms with Crippen molar-refractivity contribution < 1.29 is 0 Å². The van der Waals surface area contributed by atoms with Gasteiger partial charge in [0.2, 0.25) is 0 Å². The van der Waals surface area contributed by atoms with Crippen molar-refractivity contribution in [1.82, 2.24) is 0 Å². The van der Waals surface area contributed by atoms with Crippen LogP contribution in [0.5, 0.6) is 0 Å². The van der Waals surface area contributed by atoms with Crippen LogP contribution in [0.3, 0.4) is 0 Å². The number of benzene rings is 1. The molecule has 0 fully saturated rings. The van der Waals surface area contributed by atoms with E-state index in [1.165, 1.54) is 5.56 Å². The van der Waals surface area contributed by atoms with E-state index in [0.717, 1.165) is 10.3 Å². The predicted molar refractivity (Wildman–Crippen MR) is 46.8 cm³/mol. The van der Waals surface area contributed by atoms with E-state index in [9.17, 15) is 0 Å². The third-order valence-electron chi connectivity index (χ3n) is 1.26. The molecule has 54 valence electrons. The number of halogens is 1. The van der Waals surface area contributed by atoms with Gasteiger partial charge in [0.25, 0.3) is 0 Å². The first-order valence-corrected chi connectivity index (χ1v) is 6.37. The van der Waals surface area contributed by atoms with Gasteiger partial charge in [-0.25, -0.2) is 0 Å². The Morgan fingerprint density at radius 1 is 1.40 bits per heavy atom. The van der Waals surface area contributed by atoms with Crippen molar-refractivity contribution in [2.45, 2.75) is 11.1 Å². The van der Waals surface area contributed by atoms with E-state index < -0.39 is 0 Å². The second-order valence-corrected chi connectivity index (χ2v) is 4.25. The Labute approximate surface area is 72.7 Å². The van der Waals surface area contributed by atoms with Crippen LogP contribution >= 0.6 is 11.6 Å².